The zero-order valence-corrected chi connectivity index (χ0v) is 12.2. The molecule has 0 amide bonds. The van der Waals surface area contributed by atoms with Crippen LogP contribution in [0.25, 0.3) is 0 Å². The monoisotopic (exact) mass is 289 g/mol. The molecule has 21 heavy (non-hydrogen) atoms. The lowest BCUT2D eigenvalue weighted by molar-refractivity contribution is -0.162. The van der Waals surface area contributed by atoms with E-state index >= 15 is 0 Å². The van der Waals surface area contributed by atoms with Gasteiger partial charge in [0.05, 0.1) is 25.2 Å². The summed E-state index contributed by atoms with van der Waals surface area (Å²) in [6, 6.07) is 11.2. The highest BCUT2D eigenvalue weighted by Crippen LogP contribution is 2.25. The predicted molar refractivity (Wildman–Crippen MR) is 76.2 cm³/mol. The molecular weight excluding hydrogens is 270 g/mol. The number of nitrogens with zero attached hydrogens (tertiary/aromatic N) is 1. The summed E-state index contributed by atoms with van der Waals surface area (Å²) in [5.74, 6) is -2.93. The molecule has 0 aliphatic heterocycles. The van der Waals surface area contributed by atoms with Gasteiger partial charge in [-0.05, 0) is 25.8 Å². The molecule has 1 rings (SSSR count). The van der Waals surface area contributed by atoms with Gasteiger partial charge in [0.2, 0.25) is 0 Å². The van der Waals surface area contributed by atoms with Crippen LogP contribution in [0.15, 0.2) is 30.3 Å². The first-order valence-electron chi connectivity index (χ1n) is 6.91. The van der Waals surface area contributed by atoms with Crippen molar-refractivity contribution >= 4 is 11.9 Å². The highest BCUT2D eigenvalue weighted by atomic mass is 16.6. The molecule has 1 aromatic rings. The highest BCUT2D eigenvalue weighted by molar-refractivity contribution is 5.95. The van der Waals surface area contributed by atoms with Crippen LogP contribution in [0.4, 0.5) is 0 Å². The van der Waals surface area contributed by atoms with Crippen LogP contribution in [0.2, 0.25) is 0 Å². The minimum Gasteiger partial charge on any atom is -0.465 e. The molecule has 0 spiro atoms. The third-order valence-corrected chi connectivity index (χ3v) is 2.97. The Bertz CT molecular complexity index is 489. The average Bonchev–Trinajstić information content (AvgIpc) is 2.49. The minimum atomic E-state index is -1.07. The molecule has 0 aromatic heterocycles. The van der Waals surface area contributed by atoms with Crippen molar-refractivity contribution in [2.24, 2.45) is 5.92 Å². The van der Waals surface area contributed by atoms with Crippen LogP contribution in [0.1, 0.15) is 31.7 Å². The Hall–Kier alpha value is -2.35. The first-order valence-corrected chi connectivity index (χ1v) is 6.91. The first-order chi connectivity index (χ1) is 10.1. The van der Waals surface area contributed by atoms with E-state index in [2.05, 4.69) is 6.07 Å². The quantitative estimate of drug-likeness (QED) is 0.569. The zero-order chi connectivity index (χ0) is 15.7. The molecule has 112 valence electrons. The molecule has 0 radical (unpaired) electrons. The van der Waals surface area contributed by atoms with E-state index in [1.807, 2.05) is 18.2 Å². The molecule has 0 heterocycles. The second-order valence-corrected chi connectivity index (χ2v) is 4.38. The Labute approximate surface area is 124 Å². The van der Waals surface area contributed by atoms with E-state index < -0.39 is 23.8 Å². The number of hydrogen-bond donors (Lipinski definition) is 0. The molecule has 0 fully saturated rings. The SMILES string of the molecule is CCOC(=O)C(CC(C#N)c1ccccc1)C(=O)OCC. The maximum absolute atomic E-state index is 11.9. The van der Waals surface area contributed by atoms with Crippen LogP contribution in [-0.4, -0.2) is 25.2 Å². The van der Waals surface area contributed by atoms with Crippen LogP contribution in [0, 0.1) is 17.2 Å². The lowest BCUT2D eigenvalue weighted by Gasteiger charge is -2.17. The van der Waals surface area contributed by atoms with Gasteiger partial charge in [-0.3, -0.25) is 9.59 Å². The van der Waals surface area contributed by atoms with E-state index in [4.69, 9.17) is 9.47 Å². The molecule has 0 saturated carbocycles. The van der Waals surface area contributed by atoms with E-state index in [0.717, 1.165) is 5.56 Å². The predicted octanol–water partition coefficient (Wildman–Crippen LogP) is 2.43. The molecule has 1 atom stereocenters. The van der Waals surface area contributed by atoms with Gasteiger partial charge in [-0.2, -0.15) is 5.26 Å². The van der Waals surface area contributed by atoms with Gasteiger partial charge in [0, 0.05) is 0 Å². The summed E-state index contributed by atoms with van der Waals surface area (Å²) in [4.78, 5) is 23.8. The second-order valence-electron chi connectivity index (χ2n) is 4.38. The molecule has 5 heteroatoms. The topological polar surface area (TPSA) is 76.4 Å². The van der Waals surface area contributed by atoms with Gasteiger partial charge in [-0.15, -0.1) is 0 Å². The Balaban J connectivity index is 2.91. The number of carbonyl (C=O) groups excluding carboxylic acids is 2. The van der Waals surface area contributed by atoms with Gasteiger partial charge in [0.1, 0.15) is 0 Å². The summed E-state index contributed by atoms with van der Waals surface area (Å²) in [6.07, 6.45) is 0.0538. The minimum absolute atomic E-state index is 0.0538. The number of ether oxygens (including phenoxy) is 2. The average molecular weight is 289 g/mol. The van der Waals surface area contributed by atoms with Gasteiger partial charge in [0.15, 0.2) is 5.92 Å². The number of nitriles is 1. The van der Waals surface area contributed by atoms with Crippen LogP contribution >= 0.6 is 0 Å². The lowest BCUT2D eigenvalue weighted by Crippen LogP contribution is -2.29. The maximum atomic E-state index is 11.9. The number of rotatable bonds is 7. The number of carbonyl (C=O) groups is 2. The standard InChI is InChI=1S/C16H19NO4/c1-3-20-15(18)14(16(19)21-4-2)10-13(11-17)12-8-6-5-7-9-12/h5-9,13-14H,3-4,10H2,1-2H3. The van der Waals surface area contributed by atoms with Crippen molar-refractivity contribution in [2.45, 2.75) is 26.2 Å². The summed E-state index contributed by atoms with van der Waals surface area (Å²) in [6.45, 7) is 3.69. The van der Waals surface area contributed by atoms with Crippen molar-refractivity contribution in [3.63, 3.8) is 0 Å². The van der Waals surface area contributed by atoms with Crippen LogP contribution in [0.3, 0.4) is 0 Å². The fourth-order valence-corrected chi connectivity index (χ4v) is 1.96. The van der Waals surface area contributed by atoms with E-state index in [1.54, 1.807) is 26.0 Å². The molecule has 5 nitrogen and oxygen atoms in total. The van der Waals surface area contributed by atoms with Gasteiger partial charge < -0.3 is 9.47 Å². The van der Waals surface area contributed by atoms with Crippen molar-refractivity contribution in [1.29, 1.82) is 5.26 Å². The van der Waals surface area contributed by atoms with E-state index in [-0.39, 0.29) is 19.6 Å². The summed E-state index contributed by atoms with van der Waals surface area (Å²) in [5.41, 5.74) is 0.763. The fraction of sp³-hybridized carbons (Fsp3) is 0.438. The van der Waals surface area contributed by atoms with Crippen molar-refractivity contribution in [3.8, 4) is 6.07 Å². The maximum Gasteiger partial charge on any atom is 0.320 e. The molecule has 0 aliphatic rings. The summed E-state index contributed by atoms with van der Waals surface area (Å²) >= 11 is 0. The van der Waals surface area contributed by atoms with Gasteiger partial charge >= 0.3 is 11.9 Å². The van der Waals surface area contributed by atoms with Crippen LogP contribution in [-0.2, 0) is 19.1 Å². The summed E-state index contributed by atoms with van der Waals surface area (Å²) in [7, 11) is 0. The molecule has 1 unspecified atom stereocenters. The van der Waals surface area contributed by atoms with Crippen molar-refractivity contribution in [2.75, 3.05) is 13.2 Å². The number of esters is 2. The van der Waals surface area contributed by atoms with Gasteiger partial charge in [0.25, 0.3) is 0 Å². The summed E-state index contributed by atoms with van der Waals surface area (Å²) in [5, 5.41) is 9.30. The first kappa shape index (κ1) is 16.7. The van der Waals surface area contributed by atoms with Crippen LogP contribution in [0.5, 0.6) is 0 Å². The fourth-order valence-electron chi connectivity index (χ4n) is 1.96. The highest BCUT2D eigenvalue weighted by Gasteiger charge is 2.32. The molecule has 0 saturated heterocycles. The normalized spacial score (nSPS) is 11.5. The third-order valence-electron chi connectivity index (χ3n) is 2.97. The Morgan fingerprint density at radius 3 is 2.05 bits per heavy atom. The van der Waals surface area contributed by atoms with Gasteiger partial charge in [-0.1, -0.05) is 30.3 Å². The molecule has 0 N–H and O–H groups in total. The van der Waals surface area contributed by atoms with Gasteiger partial charge in [-0.25, -0.2) is 0 Å². The number of hydrogen-bond acceptors (Lipinski definition) is 5. The van der Waals surface area contributed by atoms with E-state index in [1.165, 1.54) is 0 Å². The van der Waals surface area contributed by atoms with Crippen LogP contribution < -0.4 is 0 Å². The molecular formula is C16H19NO4. The third kappa shape index (κ3) is 4.92. The molecule has 0 aliphatic carbocycles. The lowest BCUT2D eigenvalue weighted by atomic mass is 9.90. The van der Waals surface area contributed by atoms with Crippen molar-refractivity contribution in [3.05, 3.63) is 35.9 Å². The smallest absolute Gasteiger partial charge is 0.320 e. The van der Waals surface area contributed by atoms with E-state index in [0.29, 0.717) is 0 Å². The Kier molecular flexibility index (Phi) is 6.96. The zero-order valence-electron chi connectivity index (χ0n) is 12.2. The molecule has 1 aromatic carbocycles. The second kappa shape index (κ2) is 8.75. The molecule has 0 bridgehead atoms. The van der Waals surface area contributed by atoms with E-state index in [9.17, 15) is 14.9 Å². The Morgan fingerprint density at radius 1 is 1.10 bits per heavy atom. The Morgan fingerprint density at radius 2 is 1.62 bits per heavy atom. The largest absolute Gasteiger partial charge is 0.465 e. The number of benzene rings is 1. The van der Waals surface area contributed by atoms with Crippen molar-refractivity contribution in [1.82, 2.24) is 0 Å². The summed E-state index contributed by atoms with van der Waals surface area (Å²) < 4.78 is 9.81. The van der Waals surface area contributed by atoms with Crippen molar-refractivity contribution < 1.29 is 19.1 Å².